The standard InChI is InChI=1S/C10H17NS/c1-3-5-9-8(6-11)7-12-10(9)4-2/h7H,3-6,11H2,1-2H3. The normalized spacial score (nSPS) is 10.6. The van der Waals surface area contributed by atoms with Crippen molar-refractivity contribution in [1.29, 1.82) is 0 Å². The van der Waals surface area contributed by atoms with Gasteiger partial charge in [0, 0.05) is 11.4 Å². The van der Waals surface area contributed by atoms with Crippen LogP contribution in [0.2, 0.25) is 0 Å². The highest BCUT2D eigenvalue weighted by molar-refractivity contribution is 7.10. The van der Waals surface area contributed by atoms with E-state index in [9.17, 15) is 0 Å². The van der Waals surface area contributed by atoms with Crippen LogP contribution in [0.4, 0.5) is 0 Å². The van der Waals surface area contributed by atoms with Gasteiger partial charge >= 0.3 is 0 Å². The lowest BCUT2D eigenvalue weighted by atomic mass is 10.1. The molecular formula is C10H17NS. The van der Waals surface area contributed by atoms with Crippen LogP contribution in [-0.2, 0) is 19.4 Å². The number of hydrogen-bond acceptors (Lipinski definition) is 2. The minimum absolute atomic E-state index is 0.700. The monoisotopic (exact) mass is 183 g/mol. The smallest absolute Gasteiger partial charge is 0.0189 e. The molecule has 2 N–H and O–H groups in total. The Hall–Kier alpha value is -0.340. The molecule has 0 radical (unpaired) electrons. The third kappa shape index (κ3) is 1.87. The lowest BCUT2D eigenvalue weighted by Crippen LogP contribution is -1.99. The van der Waals surface area contributed by atoms with Crippen molar-refractivity contribution in [1.82, 2.24) is 0 Å². The van der Waals surface area contributed by atoms with E-state index in [4.69, 9.17) is 5.73 Å². The quantitative estimate of drug-likeness (QED) is 0.763. The molecule has 0 fully saturated rings. The van der Waals surface area contributed by atoms with Crippen molar-refractivity contribution in [2.24, 2.45) is 5.73 Å². The van der Waals surface area contributed by atoms with Crippen LogP contribution < -0.4 is 5.73 Å². The van der Waals surface area contributed by atoms with Crippen LogP contribution in [0.1, 0.15) is 36.3 Å². The van der Waals surface area contributed by atoms with Crippen molar-refractivity contribution in [3.63, 3.8) is 0 Å². The van der Waals surface area contributed by atoms with Gasteiger partial charge in [0.2, 0.25) is 0 Å². The molecule has 68 valence electrons. The second kappa shape index (κ2) is 4.63. The first-order valence-electron chi connectivity index (χ1n) is 4.61. The van der Waals surface area contributed by atoms with Gasteiger partial charge in [-0.2, -0.15) is 0 Å². The Balaban J connectivity index is 2.90. The van der Waals surface area contributed by atoms with Crippen LogP contribution >= 0.6 is 11.3 Å². The molecule has 0 saturated heterocycles. The summed E-state index contributed by atoms with van der Waals surface area (Å²) in [6.45, 7) is 5.13. The van der Waals surface area contributed by atoms with Gasteiger partial charge in [0.25, 0.3) is 0 Å². The van der Waals surface area contributed by atoms with Crippen molar-refractivity contribution >= 4 is 11.3 Å². The Morgan fingerprint density at radius 1 is 1.42 bits per heavy atom. The molecule has 1 aromatic rings. The molecule has 1 rings (SSSR count). The predicted molar refractivity (Wildman–Crippen MR) is 55.6 cm³/mol. The van der Waals surface area contributed by atoms with E-state index in [1.165, 1.54) is 28.8 Å². The topological polar surface area (TPSA) is 26.0 Å². The average molecular weight is 183 g/mol. The van der Waals surface area contributed by atoms with Crippen molar-refractivity contribution in [3.05, 3.63) is 21.4 Å². The lowest BCUT2D eigenvalue weighted by Gasteiger charge is -2.02. The van der Waals surface area contributed by atoms with Crippen molar-refractivity contribution in [2.45, 2.75) is 39.7 Å². The van der Waals surface area contributed by atoms with E-state index in [0.717, 1.165) is 6.42 Å². The Labute approximate surface area is 78.6 Å². The highest BCUT2D eigenvalue weighted by atomic mass is 32.1. The maximum Gasteiger partial charge on any atom is 0.0189 e. The molecular weight excluding hydrogens is 166 g/mol. The number of aryl methyl sites for hydroxylation is 1. The van der Waals surface area contributed by atoms with Gasteiger partial charge < -0.3 is 5.73 Å². The second-order valence-electron chi connectivity index (χ2n) is 2.97. The molecule has 0 bridgehead atoms. The summed E-state index contributed by atoms with van der Waals surface area (Å²) in [6.07, 6.45) is 3.57. The maximum atomic E-state index is 5.66. The van der Waals surface area contributed by atoms with Gasteiger partial charge in [0.15, 0.2) is 0 Å². The Morgan fingerprint density at radius 3 is 2.67 bits per heavy atom. The molecule has 0 amide bonds. The molecule has 0 unspecified atom stereocenters. The van der Waals surface area contributed by atoms with E-state index >= 15 is 0 Å². The summed E-state index contributed by atoms with van der Waals surface area (Å²) in [5.74, 6) is 0. The molecule has 2 heteroatoms. The molecule has 0 spiro atoms. The molecule has 0 aliphatic heterocycles. The van der Waals surface area contributed by atoms with Crippen LogP contribution in [0.3, 0.4) is 0 Å². The summed E-state index contributed by atoms with van der Waals surface area (Å²) in [4.78, 5) is 1.53. The van der Waals surface area contributed by atoms with Gasteiger partial charge in [0.05, 0.1) is 0 Å². The molecule has 1 aromatic heterocycles. The fraction of sp³-hybridized carbons (Fsp3) is 0.600. The van der Waals surface area contributed by atoms with Gasteiger partial charge in [0.1, 0.15) is 0 Å². The van der Waals surface area contributed by atoms with E-state index in [1.54, 1.807) is 0 Å². The van der Waals surface area contributed by atoms with E-state index in [0.29, 0.717) is 6.54 Å². The minimum Gasteiger partial charge on any atom is -0.326 e. The molecule has 0 aliphatic rings. The first-order chi connectivity index (χ1) is 5.83. The van der Waals surface area contributed by atoms with E-state index < -0.39 is 0 Å². The summed E-state index contributed by atoms with van der Waals surface area (Å²) in [5, 5.41) is 2.21. The van der Waals surface area contributed by atoms with Crippen molar-refractivity contribution < 1.29 is 0 Å². The summed E-state index contributed by atoms with van der Waals surface area (Å²) in [6, 6.07) is 0. The summed E-state index contributed by atoms with van der Waals surface area (Å²) in [5.41, 5.74) is 8.54. The number of nitrogens with two attached hydrogens (primary N) is 1. The minimum atomic E-state index is 0.700. The number of rotatable bonds is 4. The summed E-state index contributed by atoms with van der Waals surface area (Å²) >= 11 is 1.86. The largest absolute Gasteiger partial charge is 0.326 e. The second-order valence-corrected chi connectivity index (χ2v) is 3.93. The highest BCUT2D eigenvalue weighted by Gasteiger charge is 2.07. The van der Waals surface area contributed by atoms with Crippen molar-refractivity contribution in [2.75, 3.05) is 0 Å². The number of hydrogen-bond donors (Lipinski definition) is 1. The zero-order chi connectivity index (χ0) is 8.97. The third-order valence-corrected chi connectivity index (χ3v) is 3.33. The van der Waals surface area contributed by atoms with Crippen LogP contribution in [-0.4, -0.2) is 0 Å². The first kappa shape index (κ1) is 9.75. The average Bonchev–Trinajstić information content (AvgIpc) is 2.48. The van der Waals surface area contributed by atoms with Crippen molar-refractivity contribution in [3.8, 4) is 0 Å². The third-order valence-electron chi connectivity index (χ3n) is 2.11. The SMILES string of the molecule is CCCc1c(CN)csc1CC. The zero-order valence-electron chi connectivity index (χ0n) is 7.89. The summed E-state index contributed by atoms with van der Waals surface area (Å²) < 4.78 is 0. The molecule has 0 saturated carbocycles. The first-order valence-corrected chi connectivity index (χ1v) is 5.49. The summed E-state index contributed by atoms with van der Waals surface area (Å²) in [7, 11) is 0. The fourth-order valence-electron chi connectivity index (χ4n) is 1.48. The molecule has 0 aromatic carbocycles. The van der Waals surface area contributed by atoms with E-state index in [1.807, 2.05) is 11.3 Å². The Bertz CT molecular complexity index is 218. The lowest BCUT2D eigenvalue weighted by molar-refractivity contribution is 0.885. The fourth-order valence-corrected chi connectivity index (χ4v) is 2.55. The zero-order valence-corrected chi connectivity index (χ0v) is 8.71. The van der Waals surface area contributed by atoms with Gasteiger partial charge in [-0.15, -0.1) is 11.3 Å². The highest BCUT2D eigenvalue weighted by Crippen LogP contribution is 2.24. The molecule has 12 heavy (non-hydrogen) atoms. The maximum absolute atomic E-state index is 5.66. The van der Waals surface area contributed by atoms with Gasteiger partial charge in [-0.05, 0) is 29.3 Å². The van der Waals surface area contributed by atoms with Crippen LogP contribution in [0, 0.1) is 0 Å². The van der Waals surface area contributed by atoms with Gasteiger partial charge in [-0.3, -0.25) is 0 Å². The Kier molecular flexibility index (Phi) is 3.76. The Morgan fingerprint density at radius 2 is 2.17 bits per heavy atom. The predicted octanol–water partition coefficient (Wildman–Crippen LogP) is 2.72. The molecule has 1 nitrogen and oxygen atoms in total. The van der Waals surface area contributed by atoms with Gasteiger partial charge in [-0.25, -0.2) is 0 Å². The molecule has 1 heterocycles. The van der Waals surface area contributed by atoms with Crippen LogP contribution in [0.25, 0.3) is 0 Å². The number of thiophene rings is 1. The van der Waals surface area contributed by atoms with Crippen LogP contribution in [0.15, 0.2) is 5.38 Å². The van der Waals surface area contributed by atoms with Gasteiger partial charge in [-0.1, -0.05) is 20.3 Å². The van der Waals surface area contributed by atoms with E-state index in [2.05, 4.69) is 19.2 Å². The van der Waals surface area contributed by atoms with Crippen LogP contribution in [0.5, 0.6) is 0 Å². The molecule has 0 aliphatic carbocycles. The van der Waals surface area contributed by atoms with E-state index in [-0.39, 0.29) is 0 Å². The molecule has 0 atom stereocenters.